The molecule has 1 aliphatic carbocycles. The lowest BCUT2D eigenvalue weighted by molar-refractivity contribution is -0.159. The number of nitrogens with zero attached hydrogens (tertiary/aromatic N) is 3. The summed E-state index contributed by atoms with van der Waals surface area (Å²) in [6.45, 7) is 0.190. The van der Waals surface area contributed by atoms with Gasteiger partial charge in [0, 0.05) is 11.6 Å². The summed E-state index contributed by atoms with van der Waals surface area (Å²) >= 11 is 0. The fourth-order valence-electron chi connectivity index (χ4n) is 2.07. The third-order valence-corrected chi connectivity index (χ3v) is 3.56. The van der Waals surface area contributed by atoms with Gasteiger partial charge in [0.1, 0.15) is 0 Å². The smallest absolute Gasteiger partial charge is 0.333 e. The first-order valence-electron chi connectivity index (χ1n) is 7.49. The zero-order valence-corrected chi connectivity index (χ0v) is 13.2. The van der Waals surface area contributed by atoms with Gasteiger partial charge in [0.15, 0.2) is 0 Å². The van der Waals surface area contributed by atoms with Crippen LogP contribution in [0, 0.1) is 0 Å². The van der Waals surface area contributed by atoms with E-state index in [-0.39, 0.29) is 24.4 Å². The van der Waals surface area contributed by atoms with Crippen LogP contribution >= 0.6 is 0 Å². The average molecular weight is 356 g/mol. The second-order valence-corrected chi connectivity index (χ2v) is 5.56. The summed E-state index contributed by atoms with van der Waals surface area (Å²) in [7, 11) is 1.39. The Labute approximate surface area is 140 Å². The first-order valence-corrected chi connectivity index (χ1v) is 7.49. The molecule has 7 nitrogen and oxygen atoms in total. The number of carbonyl (C=O) groups is 1. The van der Waals surface area contributed by atoms with E-state index >= 15 is 0 Å². The fourth-order valence-corrected chi connectivity index (χ4v) is 2.07. The number of alkyl halides is 3. The van der Waals surface area contributed by atoms with Crippen LogP contribution in [0.1, 0.15) is 24.3 Å². The number of aromatic nitrogens is 2. The average Bonchev–Trinajstić information content (AvgIpc) is 3.23. The standard InChI is InChI=1S/C15H15F3N4O3/c1-24-22(14(23)19-11-6-7-11)8-9-2-4-10(5-3-9)12-20-13(25-21-12)15(16,17)18/h2-5,11H,6-8H2,1H3,(H,19,23). The van der Waals surface area contributed by atoms with Crippen LogP contribution in [-0.2, 0) is 17.6 Å². The van der Waals surface area contributed by atoms with Crippen LogP contribution in [0.15, 0.2) is 28.8 Å². The third-order valence-electron chi connectivity index (χ3n) is 3.56. The summed E-state index contributed by atoms with van der Waals surface area (Å²) in [4.78, 5) is 20.3. The second-order valence-electron chi connectivity index (χ2n) is 5.56. The highest BCUT2D eigenvalue weighted by molar-refractivity contribution is 5.73. The Morgan fingerprint density at radius 1 is 1.36 bits per heavy atom. The molecule has 1 fully saturated rings. The highest BCUT2D eigenvalue weighted by atomic mass is 19.4. The van der Waals surface area contributed by atoms with Crippen molar-refractivity contribution in [3.8, 4) is 11.4 Å². The lowest BCUT2D eigenvalue weighted by atomic mass is 10.1. The van der Waals surface area contributed by atoms with Gasteiger partial charge in [0.25, 0.3) is 0 Å². The van der Waals surface area contributed by atoms with Crippen molar-refractivity contribution in [2.45, 2.75) is 31.6 Å². The number of halogens is 3. The van der Waals surface area contributed by atoms with Crippen molar-refractivity contribution in [3.05, 3.63) is 35.7 Å². The molecule has 0 unspecified atom stereocenters. The Kier molecular flexibility index (Phi) is 4.62. The normalized spacial score (nSPS) is 14.4. The number of hydroxylamine groups is 2. The number of amides is 2. The monoisotopic (exact) mass is 356 g/mol. The molecule has 3 rings (SSSR count). The number of hydrogen-bond donors (Lipinski definition) is 1. The third kappa shape index (κ3) is 4.27. The van der Waals surface area contributed by atoms with Crippen molar-refractivity contribution >= 4 is 6.03 Å². The fraction of sp³-hybridized carbons (Fsp3) is 0.400. The molecule has 0 saturated heterocycles. The predicted molar refractivity (Wildman–Crippen MR) is 78.8 cm³/mol. The molecule has 2 amide bonds. The van der Waals surface area contributed by atoms with Crippen molar-refractivity contribution in [1.29, 1.82) is 0 Å². The minimum atomic E-state index is -4.68. The first kappa shape index (κ1) is 17.2. The quantitative estimate of drug-likeness (QED) is 0.833. The van der Waals surface area contributed by atoms with E-state index in [2.05, 4.69) is 20.0 Å². The van der Waals surface area contributed by atoms with Crippen molar-refractivity contribution in [2.75, 3.05) is 7.11 Å². The summed E-state index contributed by atoms with van der Waals surface area (Å²) in [6.07, 6.45) is -2.76. The Balaban J connectivity index is 1.67. The van der Waals surface area contributed by atoms with Gasteiger partial charge in [-0.15, -0.1) is 0 Å². The van der Waals surface area contributed by atoms with Gasteiger partial charge in [0.2, 0.25) is 5.82 Å². The zero-order chi connectivity index (χ0) is 18.0. The molecule has 134 valence electrons. The predicted octanol–water partition coefficient (Wildman–Crippen LogP) is 2.99. The van der Waals surface area contributed by atoms with E-state index in [0.29, 0.717) is 5.56 Å². The molecule has 10 heteroatoms. The molecule has 0 atom stereocenters. The number of carbonyl (C=O) groups excluding carboxylic acids is 1. The van der Waals surface area contributed by atoms with Crippen molar-refractivity contribution in [1.82, 2.24) is 20.5 Å². The van der Waals surface area contributed by atoms with Crippen LogP contribution in [-0.4, -0.2) is 34.4 Å². The zero-order valence-electron chi connectivity index (χ0n) is 13.2. The molecule has 25 heavy (non-hydrogen) atoms. The summed E-state index contributed by atoms with van der Waals surface area (Å²) in [5, 5.41) is 7.29. The van der Waals surface area contributed by atoms with Crippen LogP contribution in [0.2, 0.25) is 0 Å². The molecule has 0 radical (unpaired) electrons. The van der Waals surface area contributed by atoms with Crippen LogP contribution in [0.25, 0.3) is 11.4 Å². The highest BCUT2D eigenvalue weighted by Gasteiger charge is 2.38. The molecule has 1 heterocycles. The minimum Gasteiger partial charge on any atom is -0.333 e. The Hall–Kier alpha value is -2.62. The van der Waals surface area contributed by atoms with Gasteiger partial charge in [-0.3, -0.25) is 4.84 Å². The molecule has 0 aliphatic heterocycles. The Morgan fingerprint density at radius 3 is 2.56 bits per heavy atom. The van der Waals surface area contributed by atoms with Crippen LogP contribution in [0.5, 0.6) is 0 Å². The van der Waals surface area contributed by atoms with Gasteiger partial charge >= 0.3 is 18.1 Å². The van der Waals surface area contributed by atoms with E-state index in [9.17, 15) is 18.0 Å². The maximum atomic E-state index is 12.5. The van der Waals surface area contributed by atoms with E-state index < -0.39 is 12.1 Å². The van der Waals surface area contributed by atoms with Crippen molar-refractivity contribution in [3.63, 3.8) is 0 Å². The van der Waals surface area contributed by atoms with Gasteiger partial charge in [0.05, 0.1) is 13.7 Å². The van der Waals surface area contributed by atoms with E-state index in [1.807, 2.05) is 0 Å². The Bertz CT molecular complexity index is 741. The SMILES string of the molecule is CON(Cc1ccc(-c2noc(C(F)(F)F)n2)cc1)C(=O)NC1CC1. The summed E-state index contributed by atoms with van der Waals surface area (Å²) in [5.41, 5.74) is 1.10. The van der Waals surface area contributed by atoms with E-state index in [0.717, 1.165) is 18.4 Å². The molecule has 0 spiro atoms. The summed E-state index contributed by atoms with van der Waals surface area (Å²) in [5.74, 6) is -1.55. The van der Waals surface area contributed by atoms with Gasteiger partial charge < -0.3 is 9.84 Å². The minimum absolute atomic E-state index is 0.158. The molecule has 1 aromatic carbocycles. The molecule has 1 N–H and O–H groups in total. The van der Waals surface area contributed by atoms with E-state index in [1.54, 1.807) is 24.3 Å². The molecular weight excluding hydrogens is 341 g/mol. The topological polar surface area (TPSA) is 80.5 Å². The van der Waals surface area contributed by atoms with Crippen LogP contribution < -0.4 is 5.32 Å². The number of nitrogens with one attached hydrogen (secondary N) is 1. The largest absolute Gasteiger partial charge is 0.471 e. The van der Waals surface area contributed by atoms with Gasteiger partial charge in [-0.1, -0.05) is 29.4 Å². The summed E-state index contributed by atoms with van der Waals surface area (Å²) < 4.78 is 41.6. The lowest BCUT2D eigenvalue weighted by Crippen LogP contribution is -2.39. The van der Waals surface area contributed by atoms with Gasteiger partial charge in [-0.05, 0) is 18.4 Å². The molecular formula is C15H15F3N4O3. The summed E-state index contributed by atoms with van der Waals surface area (Å²) in [6, 6.07) is 6.26. The molecule has 1 aliphatic rings. The van der Waals surface area contributed by atoms with Gasteiger partial charge in [-0.2, -0.15) is 23.2 Å². The first-order chi connectivity index (χ1) is 11.9. The van der Waals surface area contributed by atoms with Crippen molar-refractivity contribution in [2.24, 2.45) is 0 Å². The molecule has 1 saturated carbocycles. The lowest BCUT2D eigenvalue weighted by Gasteiger charge is -2.20. The number of hydrogen-bond acceptors (Lipinski definition) is 5. The van der Waals surface area contributed by atoms with E-state index in [1.165, 1.54) is 12.2 Å². The number of rotatable bonds is 5. The number of benzene rings is 1. The molecule has 1 aromatic heterocycles. The number of urea groups is 1. The molecule has 0 bridgehead atoms. The van der Waals surface area contributed by atoms with Crippen molar-refractivity contribution < 1.29 is 27.3 Å². The Morgan fingerprint density at radius 2 is 2.04 bits per heavy atom. The van der Waals surface area contributed by atoms with E-state index in [4.69, 9.17) is 4.84 Å². The van der Waals surface area contributed by atoms with Crippen LogP contribution in [0.4, 0.5) is 18.0 Å². The molecule has 2 aromatic rings. The second kappa shape index (κ2) is 6.71. The maximum absolute atomic E-state index is 12.5. The van der Waals surface area contributed by atoms with Gasteiger partial charge in [-0.25, -0.2) is 4.79 Å². The van der Waals surface area contributed by atoms with Crippen LogP contribution in [0.3, 0.4) is 0 Å². The highest BCUT2D eigenvalue weighted by Crippen LogP contribution is 2.29. The maximum Gasteiger partial charge on any atom is 0.471 e.